The first-order chi connectivity index (χ1) is 46.8. The molecular weight excluding hydrogens is 1190 g/mol. The number of esters is 2. The molecule has 9 nitrogen and oxygen atoms in total. The van der Waals surface area contributed by atoms with Crippen molar-refractivity contribution in [2.24, 2.45) is 5.73 Å². The molecule has 0 bridgehead atoms. The molecule has 2 unspecified atom stereocenters. The molecule has 3 N–H and O–H groups in total. The van der Waals surface area contributed by atoms with Gasteiger partial charge in [-0.3, -0.25) is 18.6 Å². The SMILES string of the molecule is CC/C=C\C/C=C\C/C=C\C/C=C\C/C=C\C/C=C\C/C=C\C/C=C\C/C=C\CCCCCCCC(=O)OC(COC(=O)CCCCCCCCCCCCCCCCCCCCCCCCCCCC/C=C\C/C=C\C/C=C\CCCCCCC)COP(=O)(O)OCCN. The molecule has 0 aliphatic rings. The molecule has 0 saturated heterocycles. The van der Waals surface area contributed by atoms with E-state index in [1.54, 1.807) is 0 Å². The quantitative estimate of drug-likeness (QED) is 0.0264. The number of carbonyl (C=O) groups excluding carboxylic acids is 2. The number of ether oxygens (including phenoxy) is 2. The van der Waals surface area contributed by atoms with Gasteiger partial charge in [-0.05, 0) is 122 Å². The average Bonchev–Trinajstić information content (AvgIpc) is 3.25. The van der Waals surface area contributed by atoms with Gasteiger partial charge in [0.05, 0.1) is 13.2 Å². The van der Waals surface area contributed by atoms with Crippen LogP contribution >= 0.6 is 7.82 Å². The lowest BCUT2D eigenvalue weighted by molar-refractivity contribution is -0.161. The highest BCUT2D eigenvalue weighted by Gasteiger charge is 2.26. The van der Waals surface area contributed by atoms with Crippen LogP contribution in [0.1, 0.15) is 348 Å². The summed E-state index contributed by atoms with van der Waals surface area (Å²) in [6, 6.07) is 0. The Bertz CT molecular complexity index is 2080. The molecule has 0 saturated carbocycles. The molecule has 0 aromatic heterocycles. The molecule has 0 rings (SSSR count). The van der Waals surface area contributed by atoms with Crippen LogP contribution in [0.2, 0.25) is 0 Å². The lowest BCUT2D eigenvalue weighted by atomic mass is 10.0. The Labute approximate surface area is 586 Å². The standard InChI is InChI=1S/C85H146NO8P/c1-3-5-7-9-11-13-15-17-19-21-23-25-27-29-31-33-35-37-38-39-40-41-42-43-44-46-47-49-51-53-55-57-59-61-63-65-67-69-71-73-75-77-84(87)91-81-83(82-93-95(89,90)92-80-79-86)94-85(88)78-76-74-72-70-68-66-64-62-60-58-56-54-52-50-48-45-36-34-32-30-28-26-24-22-20-18-16-14-12-10-8-6-4-2/h6,8,12,14-15,17-18,20-21,23-24,26-27,29-30,32,36,45,50,52,56,58,62,64,83H,3-5,7,9-11,13,16,19,22,25,28,31,33-35,37-44,46-49,51,53-55,57,59-61,63,65-82,86H2,1-2H3,(H,89,90)/b8-6-,14-12-,17-15-,20-18-,23-21-,26-24-,29-27-,32-30-,45-36-,52-50-,58-56-,64-62-. The van der Waals surface area contributed by atoms with Gasteiger partial charge in [-0.1, -0.05) is 359 Å². The minimum absolute atomic E-state index is 0.0443. The molecule has 0 fully saturated rings. The number of carbonyl (C=O) groups is 2. The number of rotatable bonds is 73. The summed E-state index contributed by atoms with van der Waals surface area (Å²) in [5, 5.41) is 0. The van der Waals surface area contributed by atoms with Crippen LogP contribution in [-0.2, 0) is 32.7 Å². The summed E-state index contributed by atoms with van der Waals surface area (Å²) in [5.41, 5.74) is 5.41. The van der Waals surface area contributed by atoms with Gasteiger partial charge in [0.2, 0.25) is 0 Å². The van der Waals surface area contributed by atoms with Crippen molar-refractivity contribution in [2.75, 3.05) is 26.4 Å². The molecule has 0 amide bonds. The van der Waals surface area contributed by atoms with E-state index in [4.69, 9.17) is 24.3 Å². The van der Waals surface area contributed by atoms with Gasteiger partial charge in [-0.15, -0.1) is 0 Å². The Morgan fingerprint density at radius 2 is 0.579 bits per heavy atom. The van der Waals surface area contributed by atoms with Crippen molar-refractivity contribution in [1.82, 2.24) is 0 Å². The van der Waals surface area contributed by atoms with Crippen molar-refractivity contribution >= 4 is 19.8 Å². The molecule has 544 valence electrons. The van der Waals surface area contributed by atoms with E-state index in [9.17, 15) is 19.0 Å². The normalized spacial score (nSPS) is 13.7. The summed E-state index contributed by atoms with van der Waals surface area (Å²) < 4.78 is 33.2. The van der Waals surface area contributed by atoms with Crippen molar-refractivity contribution in [2.45, 2.75) is 354 Å². The Morgan fingerprint density at radius 3 is 0.863 bits per heavy atom. The second kappa shape index (κ2) is 78.9. The van der Waals surface area contributed by atoms with E-state index in [0.717, 1.165) is 122 Å². The van der Waals surface area contributed by atoms with E-state index in [1.165, 1.54) is 193 Å². The van der Waals surface area contributed by atoms with Crippen molar-refractivity contribution < 1.29 is 37.6 Å². The van der Waals surface area contributed by atoms with Crippen LogP contribution in [0.5, 0.6) is 0 Å². The molecule has 0 radical (unpaired) electrons. The zero-order valence-corrected chi connectivity index (χ0v) is 62.3. The summed E-state index contributed by atoms with van der Waals surface area (Å²) in [7, 11) is -4.41. The lowest BCUT2D eigenvalue weighted by Gasteiger charge is -2.19. The second-order valence-corrected chi connectivity index (χ2v) is 27.3. The minimum atomic E-state index is -4.41. The van der Waals surface area contributed by atoms with Crippen LogP contribution in [-0.4, -0.2) is 49.3 Å². The molecule has 0 heterocycles. The Morgan fingerprint density at radius 1 is 0.326 bits per heavy atom. The predicted molar refractivity (Wildman–Crippen MR) is 413 cm³/mol. The van der Waals surface area contributed by atoms with Crippen LogP contribution in [0.3, 0.4) is 0 Å². The van der Waals surface area contributed by atoms with E-state index in [2.05, 4.69) is 160 Å². The van der Waals surface area contributed by atoms with Gasteiger partial charge >= 0.3 is 19.8 Å². The smallest absolute Gasteiger partial charge is 0.462 e. The molecule has 0 aromatic carbocycles. The van der Waals surface area contributed by atoms with Gasteiger partial charge in [0.15, 0.2) is 6.10 Å². The summed E-state index contributed by atoms with van der Waals surface area (Å²) in [6.07, 6.45) is 114. The zero-order valence-electron chi connectivity index (χ0n) is 61.4. The number of nitrogens with two attached hydrogens (primary N) is 1. The minimum Gasteiger partial charge on any atom is -0.462 e. The third kappa shape index (κ3) is 78.8. The highest BCUT2D eigenvalue weighted by molar-refractivity contribution is 7.47. The summed E-state index contributed by atoms with van der Waals surface area (Å²) >= 11 is 0. The van der Waals surface area contributed by atoms with Crippen LogP contribution in [0, 0.1) is 0 Å². The summed E-state index contributed by atoms with van der Waals surface area (Å²) in [4.78, 5) is 35.4. The van der Waals surface area contributed by atoms with E-state index >= 15 is 0 Å². The van der Waals surface area contributed by atoms with E-state index in [1.807, 2.05) is 0 Å². The Balaban J connectivity index is 3.86. The number of unbranched alkanes of at least 4 members (excludes halogenated alkanes) is 36. The van der Waals surface area contributed by atoms with E-state index in [0.29, 0.717) is 6.42 Å². The molecule has 0 aromatic rings. The summed E-state index contributed by atoms with van der Waals surface area (Å²) in [5.74, 6) is -0.846. The van der Waals surface area contributed by atoms with Gasteiger partial charge in [-0.2, -0.15) is 0 Å². The van der Waals surface area contributed by atoms with Crippen molar-refractivity contribution in [3.63, 3.8) is 0 Å². The predicted octanol–water partition coefficient (Wildman–Crippen LogP) is 26.5. The van der Waals surface area contributed by atoms with Crippen LogP contribution in [0.15, 0.2) is 146 Å². The molecule has 10 heteroatoms. The Kier molecular flexibility index (Phi) is 75.5. The third-order valence-electron chi connectivity index (χ3n) is 16.7. The molecule has 0 aliphatic carbocycles. The number of phosphoric ester groups is 1. The number of allylic oxidation sites excluding steroid dienone is 24. The topological polar surface area (TPSA) is 134 Å². The maximum atomic E-state index is 12.8. The monoisotopic (exact) mass is 1340 g/mol. The fraction of sp³-hybridized carbons (Fsp3) is 0.694. The van der Waals surface area contributed by atoms with Crippen LogP contribution in [0.4, 0.5) is 0 Å². The largest absolute Gasteiger partial charge is 0.472 e. The molecular formula is C85H146NO8P. The number of hydrogen-bond donors (Lipinski definition) is 2. The van der Waals surface area contributed by atoms with Crippen molar-refractivity contribution in [1.29, 1.82) is 0 Å². The first kappa shape index (κ1) is 90.9. The maximum Gasteiger partial charge on any atom is 0.472 e. The van der Waals surface area contributed by atoms with Crippen LogP contribution < -0.4 is 5.73 Å². The second-order valence-electron chi connectivity index (χ2n) is 25.8. The fourth-order valence-electron chi connectivity index (χ4n) is 10.9. The first-order valence-electron chi connectivity index (χ1n) is 39.3. The lowest BCUT2D eigenvalue weighted by Crippen LogP contribution is -2.29. The van der Waals surface area contributed by atoms with E-state index < -0.39 is 26.5 Å². The Hall–Kier alpha value is -4.11. The fourth-order valence-corrected chi connectivity index (χ4v) is 11.7. The molecule has 0 spiro atoms. The van der Waals surface area contributed by atoms with Gasteiger partial charge in [0.1, 0.15) is 6.61 Å². The van der Waals surface area contributed by atoms with Gasteiger partial charge in [0.25, 0.3) is 0 Å². The van der Waals surface area contributed by atoms with Crippen LogP contribution in [0.25, 0.3) is 0 Å². The average molecular weight is 1340 g/mol. The maximum absolute atomic E-state index is 12.8. The molecule has 0 aliphatic heterocycles. The van der Waals surface area contributed by atoms with Crippen molar-refractivity contribution in [3.8, 4) is 0 Å². The van der Waals surface area contributed by atoms with Gasteiger partial charge < -0.3 is 20.1 Å². The highest BCUT2D eigenvalue weighted by Crippen LogP contribution is 2.43. The summed E-state index contributed by atoms with van der Waals surface area (Å²) in [6.45, 7) is 3.62. The third-order valence-corrected chi connectivity index (χ3v) is 17.7. The van der Waals surface area contributed by atoms with Crippen molar-refractivity contribution in [3.05, 3.63) is 146 Å². The number of hydrogen-bond acceptors (Lipinski definition) is 8. The van der Waals surface area contributed by atoms with Gasteiger partial charge in [-0.25, -0.2) is 4.57 Å². The zero-order chi connectivity index (χ0) is 68.6. The first-order valence-corrected chi connectivity index (χ1v) is 40.8. The molecule has 2 atom stereocenters. The van der Waals surface area contributed by atoms with E-state index in [-0.39, 0.29) is 38.6 Å². The number of phosphoric acid groups is 1. The molecule has 95 heavy (non-hydrogen) atoms. The highest BCUT2D eigenvalue weighted by atomic mass is 31.2. The van der Waals surface area contributed by atoms with Gasteiger partial charge in [0, 0.05) is 19.4 Å².